The summed E-state index contributed by atoms with van der Waals surface area (Å²) in [5.74, 6) is 1.87. The lowest BCUT2D eigenvalue weighted by Gasteiger charge is -2.35. The standard InChI is InChI=1S/C24H29N5O/c1-19-8-6-7-11-21(19)22-18-29(14-15-30-22)24(25-2)27-16-23-26-12-13-28(23)17-20-9-4-3-5-10-20/h3-13,22H,14-18H2,1-2H3,(H,25,27). The molecule has 0 spiro atoms. The second kappa shape index (κ2) is 9.59. The molecule has 1 N–H and O–H groups in total. The molecule has 3 aromatic rings. The fourth-order valence-corrected chi connectivity index (χ4v) is 3.90. The van der Waals surface area contributed by atoms with Gasteiger partial charge in [0, 0.05) is 32.5 Å². The van der Waals surface area contributed by atoms with E-state index in [9.17, 15) is 0 Å². The van der Waals surface area contributed by atoms with Crippen LogP contribution in [0.3, 0.4) is 0 Å². The molecule has 6 heteroatoms. The number of hydrogen-bond acceptors (Lipinski definition) is 3. The average Bonchev–Trinajstić information content (AvgIpc) is 3.22. The number of guanidine groups is 1. The molecule has 0 amide bonds. The van der Waals surface area contributed by atoms with E-state index < -0.39 is 0 Å². The predicted octanol–water partition coefficient (Wildman–Crippen LogP) is 3.39. The monoisotopic (exact) mass is 403 g/mol. The maximum absolute atomic E-state index is 6.06. The summed E-state index contributed by atoms with van der Waals surface area (Å²) in [5, 5.41) is 3.49. The van der Waals surface area contributed by atoms with E-state index in [1.54, 1.807) is 0 Å². The predicted molar refractivity (Wildman–Crippen MR) is 119 cm³/mol. The van der Waals surface area contributed by atoms with Crippen LogP contribution in [0.15, 0.2) is 72.0 Å². The van der Waals surface area contributed by atoms with Crippen LogP contribution in [-0.2, 0) is 17.8 Å². The molecular weight excluding hydrogens is 374 g/mol. The van der Waals surface area contributed by atoms with Crippen molar-refractivity contribution in [3.05, 3.63) is 89.5 Å². The minimum atomic E-state index is 0.0542. The second-order valence-corrected chi connectivity index (χ2v) is 7.52. The van der Waals surface area contributed by atoms with Gasteiger partial charge in [0.2, 0.25) is 0 Å². The molecule has 1 unspecified atom stereocenters. The number of aryl methyl sites for hydroxylation is 1. The molecule has 1 aliphatic rings. The fourth-order valence-electron chi connectivity index (χ4n) is 3.90. The quantitative estimate of drug-likeness (QED) is 0.524. The molecule has 0 aliphatic carbocycles. The highest BCUT2D eigenvalue weighted by atomic mass is 16.5. The smallest absolute Gasteiger partial charge is 0.194 e. The van der Waals surface area contributed by atoms with Crippen molar-refractivity contribution in [2.24, 2.45) is 4.99 Å². The summed E-state index contributed by atoms with van der Waals surface area (Å²) < 4.78 is 8.24. The second-order valence-electron chi connectivity index (χ2n) is 7.52. The van der Waals surface area contributed by atoms with Gasteiger partial charge in [-0.2, -0.15) is 0 Å². The molecule has 30 heavy (non-hydrogen) atoms. The first kappa shape index (κ1) is 20.2. The van der Waals surface area contributed by atoms with Gasteiger partial charge in [-0.25, -0.2) is 4.98 Å². The summed E-state index contributed by atoms with van der Waals surface area (Å²) in [6.07, 6.45) is 3.93. The third kappa shape index (κ3) is 4.71. The van der Waals surface area contributed by atoms with E-state index in [-0.39, 0.29) is 6.10 Å². The van der Waals surface area contributed by atoms with Crippen LogP contribution in [0, 0.1) is 6.92 Å². The molecule has 4 rings (SSSR count). The first-order valence-corrected chi connectivity index (χ1v) is 10.4. The average molecular weight is 404 g/mol. The van der Waals surface area contributed by atoms with E-state index >= 15 is 0 Å². The Kier molecular flexibility index (Phi) is 6.44. The van der Waals surface area contributed by atoms with Crippen LogP contribution in [0.5, 0.6) is 0 Å². The van der Waals surface area contributed by atoms with Crippen molar-refractivity contribution in [3.63, 3.8) is 0 Å². The van der Waals surface area contributed by atoms with Gasteiger partial charge in [0.05, 0.1) is 19.7 Å². The first-order valence-electron chi connectivity index (χ1n) is 10.4. The molecule has 156 valence electrons. The Balaban J connectivity index is 1.40. The van der Waals surface area contributed by atoms with Crippen molar-refractivity contribution in [1.29, 1.82) is 0 Å². The van der Waals surface area contributed by atoms with Gasteiger partial charge in [0.1, 0.15) is 11.9 Å². The van der Waals surface area contributed by atoms with Gasteiger partial charge in [-0.05, 0) is 23.6 Å². The summed E-state index contributed by atoms with van der Waals surface area (Å²) in [4.78, 5) is 11.3. The Morgan fingerprint density at radius 1 is 1.17 bits per heavy atom. The Morgan fingerprint density at radius 2 is 1.97 bits per heavy atom. The molecular formula is C24H29N5O. The number of hydrogen-bond donors (Lipinski definition) is 1. The SMILES string of the molecule is CN=C(NCc1nccn1Cc1ccccc1)N1CCOC(c2ccccc2C)C1. The Hall–Kier alpha value is -3.12. The van der Waals surface area contributed by atoms with E-state index in [0.29, 0.717) is 13.2 Å². The zero-order valence-corrected chi connectivity index (χ0v) is 17.7. The number of nitrogens with zero attached hydrogens (tertiary/aromatic N) is 4. The summed E-state index contributed by atoms with van der Waals surface area (Å²) in [7, 11) is 1.83. The Labute approximate surface area is 178 Å². The molecule has 6 nitrogen and oxygen atoms in total. The van der Waals surface area contributed by atoms with Gasteiger partial charge < -0.3 is 19.5 Å². The van der Waals surface area contributed by atoms with Gasteiger partial charge >= 0.3 is 0 Å². The highest BCUT2D eigenvalue weighted by Crippen LogP contribution is 2.25. The van der Waals surface area contributed by atoms with Crippen LogP contribution in [0.4, 0.5) is 0 Å². The van der Waals surface area contributed by atoms with E-state index in [0.717, 1.165) is 31.4 Å². The van der Waals surface area contributed by atoms with Gasteiger partial charge in [-0.1, -0.05) is 54.6 Å². The molecule has 2 heterocycles. The molecule has 0 bridgehead atoms. The lowest BCUT2D eigenvalue weighted by Crippen LogP contribution is -2.48. The lowest BCUT2D eigenvalue weighted by molar-refractivity contribution is -0.00835. The van der Waals surface area contributed by atoms with E-state index in [1.165, 1.54) is 16.7 Å². The van der Waals surface area contributed by atoms with Crippen LogP contribution < -0.4 is 5.32 Å². The molecule has 0 radical (unpaired) electrons. The van der Waals surface area contributed by atoms with Crippen molar-refractivity contribution >= 4 is 5.96 Å². The van der Waals surface area contributed by atoms with Gasteiger partial charge in [0.15, 0.2) is 5.96 Å². The largest absolute Gasteiger partial charge is 0.370 e. The van der Waals surface area contributed by atoms with Crippen molar-refractivity contribution in [1.82, 2.24) is 19.8 Å². The number of aliphatic imine (C=N–C) groups is 1. The Morgan fingerprint density at radius 3 is 2.77 bits per heavy atom. The van der Waals surface area contributed by atoms with Crippen LogP contribution in [0.2, 0.25) is 0 Å². The molecule has 1 saturated heterocycles. The summed E-state index contributed by atoms with van der Waals surface area (Å²) in [5.41, 5.74) is 3.77. The van der Waals surface area contributed by atoms with Crippen LogP contribution in [-0.4, -0.2) is 47.2 Å². The maximum atomic E-state index is 6.06. The summed E-state index contributed by atoms with van der Waals surface area (Å²) in [6, 6.07) is 18.9. The van der Waals surface area contributed by atoms with E-state index in [2.05, 4.69) is 80.2 Å². The number of benzene rings is 2. The Bertz CT molecular complexity index is 982. The minimum Gasteiger partial charge on any atom is -0.370 e. The maximum Gasteiger partial charge on any atom is 0.194 e. The molecule has 2 aromatic carbocycles. The lowest BCUT2D eigenvalue weighted by atomic mass is 10.0. The number of aromatic nitrogens is 2. The van der Waals surface area contributed by atoms with Gasteiger partial charge in [-0.15, -0.1) is 0 Å². The molecule has 0 saturated carbocycles. The van der Waals surface area contributed by atoms with Crippen molar-refractivity contribution in [2.75, 3.05) is 26.7 Å². The third-order valence-corrected chi connectivity index (χ3v) is 5.52. The summed E-state index contributed by atoms with van der Waals surface area (Å²) in [6.45, 7) is 5.85. The zero-order chi connectivity index (χ0) is 20.8. The number of nitrogens with one attached hydrogen (secondary N) is 1. The molecule has 1 aliphatic heterocycles. The number of morpholine rings is 1. The van der Waals surface area contributed by atoms with Crippen molar-refractivity contribution in [3.8, 4) is 0 Å². The molecule has 1 atom stereocenters. The highest BCUT2D eigenvalue weighted by Gasteiger charge is 2.25. The zero-order valence-electron chi connectivity index (χ0n) is 17.7. The van der Waals surface area contributed by atoms with Crippen molar-refractivity contribution in [2.45, 2.75) is 26.1 Å². The first-order chi connectivity index (χ1) is 14.7. The number of imidazole rings is 1. The fraction of sp³-hybridized carbons (Fsp3) is 0.333. The molecule has 1 fully saturated rings. The van der Waals surface area contributed by atoms with E-state index in [1.807, 2.05) is 25.5 Å². The third-order valence-electron chi connectivity index (χ3n) is 5.52. The van der Waals surface area contributed by atoms with Gasteiger partial charge in [0.25, 0.3) is 0 Å². The van der Waals surface area contributed by atoms with E-state index in [4.69, 9.17) is 4.74 Å². The van der Waals surface area contributed by atoms with Crippen LogP contribution in [0.25, 0.3) is 0 Å². The van der Waals surface area contributed by atoms with Crippen molar-refractivity contribution < 1.29 is 4.74 Å². The normalized spacial score (nSPS) is 17.2. The topological polar surface area (TPSA) is 54.7 Å². The molecule has 1 aromatic heterocycles. The van der Waals surface area contributed by atoms with Crippen LogP contribution in [0.1, 0.15) is 28.6 Å². The number of ether oxygens (including phenoxy) is 1. The van der Waals surface area contributed by atoms with Gasteiger partial charge in [-0.3, -0.25) is 4.99 Å². The summed E-state index contributed by atoms with van der Waals surface area (Å²) >= 11 is 0. The number of rotatable bonds is 5. The van der Waals surface area contributed by atoms with Crippen LogP contribution >= 0.6 is 0 Å². The minimum absolute atomic E-state index is 0.0542. The highest BCUT2D eigenvalue weighted by molar-refractivity contribution is 5.80.